The molecule has 1 aliphatic rings. The minimum absolute atomic E-state index is 0.506. The number of rotatable bonds is 3. The molecule has 0 bridgehead atoms. The monoisotopic (exact) mass is 176 g/mol. The van der Waals surface area contributed by atoms with Gasteiger partial charge in [0.2, 0.25) is 0 Å². The van der Waals surface area contributed by atoms with Crippen molar-refractivity contribution in [2.75, 3.05) is 19.8 Å². The van der Waals surface area contributed by atoms with Gasteiger partial charge in [-0.3, -0.25) is 0 Å². The van der Waals surface area contributed by atoms with Gasteiger partial charge in [-0.15, -0.1) is 6.58 Å². The summed E-state index contributed by atoms with van der Waals surface area (Å²) in [4.78, 5) is 0. The third kappa shape index (κ3) is 3.82. The topological polar surface area (TPSA) is 27.7 Å². The van der Waals surface area contributed by atoms with Gasteiger partial charge in [-0.2, -0.15) is 0 Å². The lowest BCUT2D eigenvalue weighted by Crippen LogP contribution is -1.92. The molecule has 0 unspecified atom stereocenters. The second-order valence-corrected chi connectivity index (χ2v) is 3.40. The second kappa shape index (κ2) is 5.67. The SMILES string of the molecule is C=CCOP1OCCCCO1. The van der Waals surface area contributed by atoms with E-state index < -0.39 is 8.60 Å². The lowest BCUT2D eigenvalue weighted by atomic mass is 10.3. The van der Waals surface area contributed by atoms with Crippen LogP contribution in [0, 0.1) is 0 Å². The van der Waals surface area contributed by atoms with Gasteiger partial charge in [-0.1, -0.05) is 6.08 Å². The third-order valence-corrected chi connectivity index (χ3v) is 2.38. The Hall–Kier alpha value is 0.0500. The highest BCUT2D eigenvalue weighted by molar-refractivity contribution is 7.41. The minimum Gasteiger partial charge on any atom is -0.312 e. The molecular formula is C7H13O3P. The van der Waals surface area contributed by atoms with E-state index in [1.54, 1.807) is 6.08 Å². The normalized spacial score (nSPS) is 21.1. The summed E-state index contributed by atoms with van der Waals surface area (Å²) in [6.07, 6.45) is 3.83. The molecular weight excluding hydrogens is 163 g/mol. The Kier molecular flexibility index (Phi) is 4.71. The molecule has 0 atom stereocenters. The van der Waals surface area contributed by atoms with Gasteiger partial charge >= 0.3 is 8.60 Å². The van der Waals surface area contributed by atoms with E-state index in [4.69, 9.17) is 13.6 Å². The lowest BCUT2D eigenvalue weighted by molar-refractivity contribution is 0.196. The number of hydrogen-bond donors (Lipinski definition) is 0. The zero-order chi connectivity index (χ0) is 7.94. The lowest BCUT2D eigenvalue weighted by Gasteiger charge is -2.11. The van der Waals surface area contributed by atoms with Gasteiger partial charge in [-0.25, -0.2) is 0 Å². The molecule has 0 spiro atoms. The summed E-state index contributed by atoms with van der Waals surface area (Å²) in [5.41, 5.74) is 0. The van der Waals surface area contributed by atoms with Crippen molar-refractivity contribution in [2.24, 2.45) is 0 Å². The van der Waals surface area contributed by atoms with Crippen molar-refractivity contribution < 1.29 is 13.6 Å². The molecule has 0 aromatic carbocycles. The molecule has 0 radical (unpaired) electrons. The van der Waals surface area contributed by atoms with Crippen LogP contribution in [-0.4, -0.2) is 19.8 Å². The van der Waals surface area contributed by atoms with Crippen LogP contribution in [0.25, 0.3) is 0 Å². The Balaban J connectivity index is 2.14. The summed E-state index contributed by atoms with van der Waals surface area (Å²) in [6.45, 7) is 5.55. The van der Waals surface area contributed by atoms with Crippen LogP contribution >= 0.6 is 8.60 Å². The van der Waals surface area contributed by atoms with Crippen LogP contribution in [0.15, 0.2) is 12.7 Å². The molecule has 0 saturated carbocycles. The molecule has 4 heteroatoms. The van der Waals surface area contributed by atoms with Gasteiger partial charge in [-0.05, 0) is 12.8 Å². The van der Waals surface area contributed by atoms with E-state index in [1.807, 2.05) is 0 Å². The summed E-state index contributed by atoms with van der Waals surface area (Å²) in [5, 5.41) is 0. The summed E-state index contributed by atoms with van der Waals surface area (Å²) < 4.78 is 15.8. The largest absolute Gasteiger partial charge is 0.332 e. The average molecular weight is 176 g/mol. The van der Waals surface area contributed by atoms with Gasteiger partial charge in [0.25, 0.3) is 0 Å². The third-order valence-electron chi connectivity index (χ3n) is 1.23. The maximum Gasteiger partial charge on any atom is 0.332 e. The van der Waals surface area contributed by atoms with Crippen molar-refractivity contribution in [1.29, 1.82) is 0 Å². The molecule has 1 rings (SSSR count). The Morgan fingerprint density at radius 1 is 1.36 bits per heavy atom. The van der Waals surface area contributed by atoms with Crippen LogP contribution < -0.4 is 0 Å². The van der Waals surface area contributed by atoms with Crippen molar-refractivity contribution >= 4 is 8.60 Å². The van der Waals surface area contributed by atoms with Crippen LogP contribution in [0.3, 0.4) is 0 Å². The summed E-state index contributed by atoms with van der Waals surface area (Å²) in [7, 11) is -1.08. The Morgan fingerprint density at radius 3 is 2.55 bits per heavy atom. The van der Waals surface area contributed by atoms with E-state index in [2.05, 4.69) is 6.58 Å². The van der Waals surface area contributed by atoms with Gasteiger partial charge in [0, 0.05) is 0 Å². The fraction of sp³-hybridized carbons (Fsp3) is 0.714. The van der Waals surface area contributed by atoms with Crippen LogP contribution in [0.2, 0.25) is 0 Å². The molecule has 11 heavy (non-hydrogen) atoms. The quantitative estimate of drug-likeness (QED) is 0.487. The summed E-state index contributed by atoms with van der Waals surface area (Å²) >= 11 is 0. The van der Waals surface area contributed by atoms with Crippen molar-refractivity contribution in [1.82, 2.24) is 0 Å². The molecule has 1 aliphatic heterocycles. The van der Waals surface area contributed by atoms with E-state index >= 15 is 0 Å². The Bertz CT molecular complexity index is 110. The highest BCUT2D eigenvalue weighted by Gasteiger charge is 2.14. The summed E-state index contributed by atoms with van der Waals surface area (Å²) in [6, 6.07) is 0. The average Bonchev–Trinajstić information content (AvgIpc) is 2.28. The van der Waals surface area contributed by atoms with Crippen molar-refractivity contribution in [3.63, 3.8) is 0 Å². The molecule has 1 saturated heterocycles. The number of hydrogen-bond acceptors (Lipinski definition) is 3. The molecule has 1 heterocycles. The first kappa shape index (κ1) is 9.14. The Morgan fingerprint density at radius 2 is 2.00 bits per heavy atom. The Labute approximate surface area is 68.3 Å². The predicted molar refractivity (Wildman–Crippen MR) is 44.2 cm³/mol. The minimum atomic E-state index is -1.08. The molecule has 64 valence electrons. The van der Waals surface area contributed by atoms with E-state index in [0.29, 0.717) is 6.61 Å². The molecule has 0 aromatic rings. The predicted octanol–water partition coefficient (Wildman–Crippen LogP) is 2.24. The molecule has 0 N–H and O–H groups in total. The van der Waals surface area contributed by atoms with E-state index in [0.717, 1.165) is 26.1 Å². The highest BCUT2D eigenvalue weighted by atomic mass is 31.2. The first-order chi connectivity index (χ1) is 5.43. The van der Waals surface area contributed by atoms with Crippen LogP contribution in [0.1, 0.15) is 12.8 Å². The van der Waals surface area contributed by atoms with Crippen molar-refractivity contribution in [3.05, 3.63) is 12.7 Å². The molecule has 0 amide bonds. The van der Waals surface area contributed by atoms with Gasteiger partial charge < -0.3 is 13.6 Å². The maximum absolute atomic E-state index is 5.28. The van der Waals surface area contributed by atoms with E-state index in [-0.39, 0.29) is 0 Å². The maximum atomic E-state index is 5.28. The van der Waals surface area contributed by atoms with Crippen LogP contribution in [-0.2, 0) is 13.6 Å². The van der Waals surface area contributed by atoms with Crippen molar-refractivity contribution in [2.45, 2.75) is 12.8 Å². The zero-order valence-corrected chi connectivity index (χ0v) is 7.39. The fourth-order valence-electron chi connectivity index (χ4n) is 0.708. The van der Waals surface area contributed by atoms with Crippen LogP contribution in [0.4, 0.5) is 0 Å². The smallest absolute Gasteiger partial charge is 0.312 e. The first-order valence-corrected chi connectivity index (χ1v) is 4.83. The fourth-order valence-corrected chi connectivity index (χ4v) is 1.71. The van der Waals surface area contributed by atoms with E-state index in [9.17, 15) is 0 Å². The first-order valence-electron chi connectivity index (χ1n) is 3.73. The highest BCUT2D eigenvalue weighted by Crippen LogP contribution is 2.41. The molecule has 0 aromatic heterocycles. The van der Waals surface area contributed by atoms with Crippen LogP contribution in [0.5, 0.6) is 0 Å². The van der Waals surface area contributed by atoms with Gasteiger partial charge in [0.1, 0.15) is 0 Å². The zero-order valence-electron chi connectivity index (χ0n) is 6.49. The second-order valence-electron chi connectivity index (χ2n) is 2.18. The molecule has 0 aliphatic carbocycles. The van der Waals surface area contributed by atoms with E-state index in [1.165, 1.54) is 0 Å². The van der Waals surface area contributed by atoms with Gasteiger partial charge in [0.15, 0.2) is 0 Å². The van der Waals surface area contributed by atoms with Crippen molar-refractivity contribution in [3.8, 4) is 0 Å². The summed E-state index contributed by atoms with van der Waals surface area (Å²) in [5.74, 6) is 0. The molecule has 3 nitrogen and oxygen atoms in total. The standard InChI is InChI=1S/C7H13O3P/c1-2-5-8-11-9-6-3-4-7-10-11/h2H,1,3-7H2. The molecule has 1 fully saturated rings. The van der Waals surface area contributed by atoms with Gasteiger partial charge in [0.05, 0.1) is 19.8 Å².